The molecule has 10 heavy (non-hydrogen) atoms. The summed E-state index contributed by atoms with van der Waals surface area (Å²) in [5.74, 6) is 0. The molecule has 0 fully saturated rings. The standard InChI is InChI=1S/C7H19N3/c1-3-5-10(2)6-4-7(8)9/h7H,3-6,8-9H2,1-2H3. The summed E-state index contributed by atoms with van der Waals surface area (Å²) in [5, 5.41) is 0. The van der Waals surface area contributed by atoms with Crippen LogP contribution in [-0.4, -0.2) is 31.2 Å². The maximum Gasteiger partial charge on any atom is 0.0533 e. The zero-order valence-electron chi connectivity index (χ0n) is 7.01. The van der Waals surface area contributed by atoms with Crippen molar-refractivity contribution in [1.29, 1.82) is 0 Å². The first-order valence-electron chi connectivity index (χ1n) is 3.86. The fourth-order valence-electron chi connectivity index (χ4n) is 0.863. The van der Waals surface area contributed by atoms with E-state index in [1.54, 1.807) is 0 Å². The summed E-state index contributed by atoms with van der Waals surface area (Å²) in [4.78, 5) is 2.24. The molecular formula is C7H19N3. The normalized spacial score (nSPS) is 11.4. The summed E-state index contributed by atoms with van der Waals surface area (Å²) in [6.45, 7) is 4.30. The number of hydrogen-bond acceptors (Lipinski definition) is 3. The lowest BCUT2D eigenvalue weighted by Crippen LogP contribution is -2.34. The van der Waals surface area contributed by atoms with E-state index in [0.29, 0.717) is 0 Å². The molecule has 4 N–H and O–H groups in total. The average molecular weight is 145 g/mol. The van der Waals surface area contributed by atoms with Crippen LogP contribution in [0.25, 0.3) is 0 Å². The molecule has 0 aromatic rings. The Morgan fingerprint density at radius 1 is 1.30 bits per heavy atom. The summed E-state index contributed by atoms with van der Waals surface area (Å²) < 4.78 is 0. The van der Waals surface area contributed by atoms with Crippen molar-refractivity contribution in [3.63, 3.8) is 0 Å². The highest BCUT2D eigenvalue weighted by Crippen LogP contribution is 1.89. The molecule has 0 aromatic carbocycles. The van der Waals surface area contributed by atoms with Gasteiger partial charge in [0, 0.05) is 6.54 Å². The number of rotatable bonds is 5. The molecule has 0 radical (unpaired) electrons. The SMILES string of the molecule is CCCN(C)CCC(N)N. The van der Waals surface area contributed by atoms with Gasteiger partial charge in [0.2, 0.25) is 0 Å². The van der Waals surface area contributed by atoms with E-state index < -0.39 is 0 Å². The van der Waals surface area contributed by atoms with Gasteiger partial charge < -0.3 is 16.4 Å². The van der Waals surface area contributed by atoms with Gasteiger partial charge in [-0.25, -0.2) is 0 Å². The van der Waals surface area contributed by atoms with E-state index in [-0.39, 0.29) is 6.17 Å². The van der Waals surface area contributed by atoms with Gasteiger partial charge in [0.05, 0.1) is 6.17 Å². The van der Waals surface area contributed by atoms with Crippen LogP contribution in [0.2, 0.25) is 0 Å². The van der Waals surface area contributed by atoms with Crippen molar-refractivity contribution in [2.75, 3.05) is 20.1 Å². The van der Waals surface area contributed by atoms with Gasteiger partial charge in [0.1, 0.15) is 0 Å². The first-order chi connectivity index (χ1) is 4.66. The fourth-order valence-corrected chi connectivity index (χ4v) is 0.863. The molecule has 0 aromatic heterocycles. The second-order valence-corrected chi connectivity index (χ2v) is 2.76. The Labute approximate surface area is 63.4 Å². The maximum absolute atomic E-state index is 5.39. The summed E-state index contributed by atoms with van der Waals surface area (Å²) >= 11 is 0. The Morgan fingerprint density at radius 2 is 1.90 bits per heavy atom. The van der Waals surface area contributed by atoms with Gasteiger partial charge in [0.25, 0.3) is 0 Å². The molecule has 0 rings (SSSR count). The van der Waals surface area contributed by atoms with Gasteiger partial charge in [-0.1, -0.05) is 6.92 Å². The first kappa shape index (κ1) is 9.88. The molecule has 0 unspecified atom stereocenters. The monoisotopic (exact) mass is 145 g/mol. The lowest BCUT2D eigenvalue weighted by atomic mass is 10.3. The smallest absolute Gasteiger partial charge is 0.0533 e. The summed E-state index contributed by atoms with van der Waals surface area (Å²) in [6, 6.07) is 0. The Kier molecular flexibility index (Phi) is 5.58. The molecule has 0 spiro atoms. The third kappa shape index (κ3) is 6.01. The first-order valence-corrected chi connectivity index (χ1v) is 3.86. The molecule has 0 aliphatic carbocycles. The summed E-state index contributed by atoms with van der Waals surface area (Å²) in [7, 11) is 2.09. The van der Waals surface area contributed by atoms with Crippen LogP contribution in [0.5, 0.6) is 0 Å². The Hall–Kier alpha value is -0.120. The highest BCUT2D eigenvalue weighted by atomic mass is 15.1. The van der Waals surface area contributed by atoms with Crippen LogP contribution in [-0.2, 0) is 0 Å². The molecule has 0 saturated heterocycles. The van der Waals surface area contributed by atoms with Crippen LogP contribution in [0, 0.1) is 0 Å². The van der Waals surface area contributed by atoms with Crippen LogP contribution >= 0.6 is 0 Å². The number of hydrogen-bond donors (Lipinski definition) is 2. The van der Waals surface area contributed by atoms with Crippen LogP contribution in [0.4, 0.5) is 0 Å². The topological polar surface area (TPSA) is 55.3 Å². The van der Waals surface area contributed by atoms with E-state index >= 15 is 0 Å². The lowest BCUT2D eigenvalue weighted by Gasteiger charge is -2.16. The van der Waals surface area contributed by atoms with Crippen molar-refractivity contribution in [3.8, 4) is 0 Å². The Balaban J connectivity index is 3.12. The number of nitrogens with two attached hydrogens (primary N) is 2. The third-order valence-electron chi connectivity index (χ3n) is 1.45. The molecule has 0 aliphatic rings. The molecule has 62 valence electrons. The highest BCUT2D eigenvalue weighted by molar-refractivity contribution is 4.55. The van der Waals surface area contributed by atoms with E-state index in [1.165, 1.54) is 6.42 Å². The molecule has 0 saturated carbocycles. The van der Waals surface area contributed by atoms with Crippen molar-refractivity contribution in [2.45, 2.75) is 25.9 Å². The van der Waals surface area contributed by atoms with E-state index in [9.17, 15) is 0 Å². The Morgan fingerprint density at radius 3 is 2.30 bits per heavy atom. The molecule has 0 atom stereocenters. The molecule has 0 bridgehead atoms. The quantitative estimate of drug-likeness (QED) is 0.534. The highest BCUT2D eigenvalue weighted by Gasteiger charge is 1.97. The second kappa shape index (κ2) is 5.65. The average Bonchev–Trinajstić information content (AvgIpc) is 1.85. The van der Waals surface area contributed by atoms with Gasteiger partial charge in [-0.3, -0.25) is 0 Å². The summed E-state index contributed by atoms with van der Waals surface area (Å²) in [5.41, 5.74) is 10.8. The minimum Gasteiger partial charge on any atom is -0.316 e. The van der Waals surface area contributed by atoms with Crippen molar-refractivity contribution < 1.29 is 0 Å². The second-order valence-electron chi connectivity index (χ2n) is 2.76. The van der Waals surface area contributed by atoms with Gasteiger partial charge in [-0.15, -0.1) is 0 Å². The molecule has 0 heterocycles. The van der Waals surface area contributed by atoms with Crippen molar-refractivity contribution in [2.24, 2.45) is 11.5 Å². The van der Waals surface area contributed by atoms with Crippen molar-refractivity contribution in [1.82, 2.24) is 4.90 Å². The van der Waals surface area contributed by atoms with Gasteiger partial charge in [0.15, 0.2) is 0 Å². The van der Waals surface area contributed by atoms with E-state index in [0.717, 1.165) is 19.5 Å². The van der Waals surface area contributed by atoms with Crippen LogP contribution in [0.1, 0.15) is 19.8 Å². The van der Waals surface area contributed by atoms with E-state index in [2.05, 4.69) is 18.9 Å². The van der Waals surface area contributed by atoms with E-state index in [1.807, 2.05) is 0 Å². The molecule has 3 heteroatoms. The Bertz CT molecular complexity index is 73.3. The molecule has 0 aliphatic heterocycles. The van der Waals surface area contributed by atoms with Crippen molar-refractivity contribution >= 4 is 0 Å². The summed E-state index contributed by atoms with van der Waals surface area (Å²) in [6.07, 6.45) is 1.92. The van der Waals surface area contributed by atoms with Crippen LogP contribution in [0.3, 0.4) is 0 Å². The van der Waals surface area contributed by atoms with Gasteiger partial charge in [-0.05, 0) is 26.4 Å². The van der Waals surface area contributed by atoms with Crippen molar-refractivity contribution in [3.05, 3.63) is 0 Å². The zero-order valence-corrected chi connectivity index (χ0v) is 7.01. The van der Waals surface area contributed by atoms with Crippen LogP contribution < -0.4 is 11.5 Å². The van der Waals surface area contributed by atoms with E-state index in [4.69, 9.17) is 11.5 Å². The fraction of sp³-hybridized carbons (Fsp3) is 1.00. The van der Waals surface area contributed by atoms with Crippen LogP contribution in [0.15, 0.2) is 0 Å². The molecular weight excluding hydrogens is 126 g/mol. The minimum absolute atomic E-state index is 0.153. The zero-order chi connectivity index (χ0) is 7.98. The largest absolute Gasteiger partial charge is 0.316 e. The van der Waals surface area contributed by atoms with Gasteiger partial charge in [-0.2, -0.15) is 0 Å². The lowest BCUT2D eigenvalue weighted by molar-refractivity contribution is 0.319. The maximum atomic E-state index is 5.39. The molecule has 0 amide bonds. The third-order valence-corrected chi connectivity index (χ3v) is 1.45. The van der Waals surface area contributed by atoms with Gasteiger partial charge >= 0.3 is 0 Å². The number of nitrogens with zero attached hydrogens (tertiary/aromatic N) is 1. The minimum atomic E-state index is -0.153. The predicted molar refractivity (Wildman–Crippen MR) is 44.6 cm³/mol. The predicted octanol–water partition coefficient (Wildman–Crippen LogP) is -0.0382. The molecule has 3 nitrogen and oxygen atoms in total.